The fourth-order valence-corrected chi connectivity index (χ4v) is 3.89. The van der Waals surface area contributed by atoms with Gasteiger partial charge >= 0.3 is 21.4 Å². The molecule has 31 heavy (non-hydrogen) atoms. The molecule has 3 atom stereocenters. The molecule has 1 saturated heterocycles. The molecular weight excluding hydrogens is 383 g/mol. The lowest BCUT2D eigenvalue weighted by Crippen LogP contribution is -2.51. The predicted molar refractivity (Wildman–Crippen MR) is 131 cm³/mol. The van der Waals surface area contributed by atoms with Crippen molar-refractivity contribution in [3.05, 3.63) is 108 Å². The largest absolute Gasteiger partial charge is 0.466 e. The van der Waals surface area contributed by atoms with Crippen LogP contribution in [-0.2, 0) is 13.7 Å². The zero-order chi connectivity index (χ0) is 21.8. The lowest BCUT2D eigenvalue weighted by Gasteiger charge is -2.33. The van der Waals surface area contributed by atoms with Crippen molar-refractivity contribution in [3.8, 4) is 0 Å². The van der Waals surface area contributed by atoms with Gasteiger partial charge in [0.15, 0.2) is 0 Å². The van der Waals surface area contributed by atoms with Crippen molar-refractivity contribution in [1.29, 1.82) is 0 Å². The summed E-state index contributed by atoms with van der Waals surface area (Å²) in [6.07, 6.45) is 30.7. The van der Waals surface area contributed by atoms with Gasteiger partial charge in [0.25, 0.3) is 0 Å². The zero-order valence-electron chi connectivity index (χ0n) is 18.3. The normalized spacial score (nSPS) is 30.6. The molecule has 0 spiro atoms. The zero-order valence-corrected chi connectivity index (χ0v) is 18.3. The van der Waals surface area contributed by atoms with E-state index < -0.39 is 26.9 Å². The Morgan fingerprint density at radius 2 is 1.16 bits per heavy atom. The third kappa shape index (κ3) is 5.69. The first-order valence-corrected chi connectivity index (χ1v) is 10.9. The van der Waals surface area contributed by atoms with Gasteiger partial charge in [-0.3, -0.25) is 0 Å². The highest BCUT2D eigenvalue weighted by molar-refractivity contribution is 6.82. The van der Waals surface area contributed by atoms with E-state index in [0.717, 1.165) is 16.4 Å². The third-order valence-electron chi connectivity index (χ3n) is 5.43. The minimum absolute atomic E-state index is 0.284. The molecule has 0 bridgehead atoms. The van der Waals surface area contributed by atoms with Gasteiger partial charge < -0.3 is 19.4 Å². The van der Waals surface area contributed by atoms with Gasteiger partial charge in [-0.15, -0.1) is 0 Å². The van der Waals surface area contributed by atoms with Crippen molar-refractivity contribution in [2.45, 2.75) is 26.3 Å². The van der Waals surface area contributed by atoms with Gasteiger partial charge in [-0.1, -0.05) is 105 Å². The summed E-state index contributed by atoms with van der Waals surface area (Å²) in [7, 11) is -1.72. The molecule has 0 saturated carbocycles. The molecule has 3 aliphatic carbocycles. The second-order valence-corrected chi connectivity index (χ2v) is 8.67. The van der Waals surface area contributed by atoms with E-state index in [1.165, 1.54) is 0 Å². The van der Waals surface area contributed by atoms with Crippen molar-refractivity contribution in [1.82, 2.24) is 0 Å². The second kappa shape index (κ2) is 9.45. The molecule has 4 aliphatic rings. The molecule has 0 aromatic rings. The van der Waals surface area contributed by atoms with Gasteiger partial charge in [-0.2, -0.15) is 0 Å². The van der Waals surface area contributed by atoms with Crippen LogP contribution in [0.5, 0.6) is 0 Å². The van der Waals surface area contributed by atoms with Crippen LogP contribution in [0.4, 0.5) is 0 Å². The first-order valence-electron chi connectivity index (χ1n) is 10.9. The molecular formula is C24H28B3NO3. The van der Waals surface area contributed by atoms with Crippen molar-refractivity contribution in [2.75, 3.05) is 0 Å². The highest BCUT2D eigenvalue weighted by Gasteiger charge is 2.45. The van der Waals surface area contributed by atoms with Crippen LogP contribution < -0.4 is 5.73 Å². The van der Waals surface area contributed by atoms with Crippen molar-refractivity contribution >= 4 is 21.4 Å². The lowest BCUT2D eigenvalue weighted by atomic mass is 9.59. The van der Waals surface area contributed by atoms with Crippen LogP contribution in [0.2, 0.25) is 0 Å². The minimum Gasteiger partial charge on any atom is -0.445 e. The maximum Gasteiger partial charge on any atom is 0.466 e. The van der Waals surface area contributed by atoms with Gasteiger partial charge in [0.1, 0.15) is 0 Å². The Morgan fingerprint density at radius 1 is 0.710 bits per heavy atom. The summed E-state index contributed by atoms with van der Waals surface area (Å²) in [4.78, 5) is 0. The Morgan fingerprint density at radius 3 is 1.71 bits per heavy atom. The lowest BCUT2D eigenvalue weighted by molar-refractivity contribution is 0.300. The fourth-order valence-electron chi connectivity index (χ4n) is 3.89. The molecule has 1 heterocycles. The second-order valence-electron chi connectivity index (χ2n) is 8.67. The Hall–Kier alpha value is -2.31. The molecule has 0 radical (unpaired) electrons. The molecule has 0 aromatic carbocycles. The minimum atomic E-state index is -0.607. The maximum atomic E-state index is 6.40. The standard InChI is InChI=1S/C24H28B3NO3/c1-19-10-4-6-12-21(16-19)25-29-26(22-13-7-5-11-20(2)17-22)31-27(30-25)23-14-8-9-15-24(3,28)18-23/h4-20H,28H2,1-3H3. The molecule has 7 heteroatoms. The molecule has 1 fully saturated rings. The first kappa shape index (κ1) is 21.9. The summed E-state index contributed by atoms with van der Waals surface area (Å²) in [5.41, 5.74) is 8.65. The molecule has 2 N–H and O–H groups in total. The molecule has 1 aliphatic heterocycles. The summed E-state index contributed by atoms with van der Waals surface area (Å²) in [6, 6.07) is 0. The van der Waals surface area contributed by atoms with E-state index in [1.807, 2.05) is 61.6 Å². The van der Waals surface area contributed by atoms with Crippen LogP contribution in [0.15, 0.2) is 108 Å². The smallest absolute Gasteiger partial charge is 0.445 e. The van der Waals surface area contributed by atoms with Crippen LogP contribution in [0.3, 0.4) is 0 Å². The number of allylic oxidation sites excluding steroid dienone is 16. The molecule has 0 amide bonds. The summed E-state index contributed by atoms with van der Waals surface area (Å²) in [5, 5.41) is 0. The number of rotatable bonds is 3. The van der Waals surface area contributed by atoms with Gasteiger partial charge in [-0.25, -0.2) is 0 Å². The highest BCUT2D eigenvalue weighted by atomic mass is 16.7. The maximum absolute atomic E-state index is 6.40. The fraction of sp³-hybridized carbons (Fsp3) is 0.250. The van der Waals surface area contributed by atoms with Crippen molar-refractivity contribution in [2.24, 2.45) is 17.6 Å². The molecule has 4 rings (SSSR count). The summed E-state index contributed by atoms with van der Waals surface area (Å²) >= 11 is 0. The first-order chi connectivity index (χ1) is 14.9. The van der Waals surface area contributed by atoms with E-state index in [0.29, 0.717) is 0 Å². The number of nitrogens with two attached hydrogens (primary N) is 1. The average Bonchev–Trinajstić information content (AvgIpc) is 3.17. The predicted octanol–water partition coefficient (Wildman–Crippen LogP) is 4.28. The molecule has 4 nitrogen and oxygen atoms in total. The van der Waals surface area contributed by atoms with E-state index in [2.05, 4.69) is 50.3 Å². The van der Waals surface area contributed by atoms with Crippen LogP contribution in [0.1, 0.15) is 20.8 Å². The number of hydrogen-bond acceptors (Lipinski definition) is 4. The summed E-state index contributed by atoms with van der Waals surface area (Å²) in [5.74, 6) is 0.568. The van der Waals surface area contributed by atoms with Crippen molar-refractivity contribution < 1.29 is 13.7 Å². The van der Waals surface area contributed by atoms with Crippen molar-refractivity contribution in [3.63, 3.8) is 0 Å². The molecule has 0 aromatic heterocycles. The molecule has 156 valence electrons. The quantitative estimate of drug-likeness (QED) is 0.705. The van der Waals surface area contributed by atoms with E-state index in [1.54, 1.807) is 0 Å². The van der Waals surface area contributed by atoms with E-state index in [4.69, 9.17) is 19.4 Å². The Labute approximate surface area is 186 Å². The third-order valence-corrected chi connectivity index (χ3v) is 5.43. The summed E-state index contributed by atoms with van der Waals surface area (Å²) < 4.78 is 19.0. The van der Waals surface area contributed by atoms with E-state index >= 15 is 0 Å². The van der Waals surface area contributed by atoms with Gasteiger partial charge in [0.05, 0.1) is 0 Å². The van der Waals surface area contributed by atoms with E-state index in [9.17, 15) is 0 Å². The van der Waals surface area contributed by atoms with Crippen LogP contribution in [-0.4, -0.2) is 26.9 Å². The average molecular weight is 411 g/mol. The van der Waals surface area contributed by atoms with Crippen LogP contribution in [0.25, 0.3) is 0 Å². The van der Waals surface area contributed by atoms with Gasteiger partial charge in [0, 0.05) is 5.54 Å². The van der Waals surface area contributed by atoms with Crippen LogP contribution >= 0.6 is 0 Å². The summed E-state index contributed by atoms with van der Waals surface area (Å²) in [6.45, 7) is 6.24. The SMILES string of the molecule is CC1C=CC=CC(B2OB(C3=CC(C)C=CC=C3)OB(C3=CC(C)(N)C=CC=C3)O2)=C1. The number of hydrogen-bond donors (Lipinski definition) is 1. The van der Waals surface area contributed by atoms with Gasteiger partial charge in [0.2, 0.25) is 0 Å². The Balaban J connectivity index is 1.68. The van der Waals surface area contributed by atoms with Crippen LogP contribution in [0, 0.1) is 11.8 Å². The van der Waals surface area contributed by atoms with Gasteiger partial charge in [-0.05, 0) is 35.2 Å². The highest BCUT2D eigenvalue weighted by Crippen LogP contribution is 2.28. The Bertz CT molecular complexity index is 917. The monoisotopic (exact) mass is 411 g/mol. The molecule has 3 unspecified atom stereocenters. The Kier molecular flexibility index (Phi) is 6.68. The van der Waals surface area contributed by atoms with E-state index in [-0.39, 0.29) is 11.8 Å². The topological polar surface area (TPSA) is 53.7 Å².